The van der Waals surface area contributed by atoms with Crippen molar-refractivity contribution < 1.29 is 9.59 Å². The zero-order valence-electron chi connectivity index (χ0n) is 11.7. The SMILES string of the molecule is CC(=O)NC1CCCN(C(=O)C2CCCC2CN)C1. The number of amides is 2. The number of nitrogens with one attached hydrogen (secondary N) is 1. The van der Waals surface area contributed by atoms with Crippen molar-refractivity contribution in [1.82, 2.24) is 10.2 Å². The fourth-order valence-electron chi connectivity index (χ4n) is 3.46. The minimum absolute atomic E-state index is 0.0139. The number of nitrogens with zero attached hydrogens (tertiary/aromatic N) is 1. The van der Waals surface area contributed by atoms with Crippen LogP contribution >= 0.6 is 0 Å². The van der Waals surface area contributed by atoms with Crippen LogP contribution in [0, 0.1) is 11.8 Å². The van der Waals surface area contributed by atoms with Crippen molar-refractivity contribution in [2.75, 3.05) is 19.6 Å². The highest BCUT2D eigenvalue weighted by Crippen LogP contribution is 2.33. The van der Waals surface area contributed by atoms with E-state index in [0.717, 1.165) is 38.6 Å². The number of nitrogens with two attached hydrogens (primary N) is 1. The van der Waals surface area contributed by atoms with E-state index in [4.69, 9.17) is 5.73 Å². The van der Waals surface area contributed by atoms with Crippen molar-refractivity contribution in [2.45, 2.75) is 45.1 Å². The van der Waals surface area contributed by atoms with Crippen molar-refractivity contribution in [2.24, 2.45) is 17.6 Å². The highest BCUT2D eigenvalue weighted by molar-refractivity contribution is 5.80. The van der Waals surface area contributed by atoms with Gasteiger partial charge in [-0.15, -0.1) is 0 Å². The molecule has 3 atom stereocenters. The van der Waals surface area contributed by atoms with E-state index < -0.39 is 0 Å². The van der Waals surface area contributed by atoms with E-state index >= 15 is 0 Å². The van der Waals surface area contributed by atoms with Gasteiger partial charge in [-0.1, -0.05) is 6.42 Å². The average molecular weight is 267 g/mol. The van der Waals surface area contributed by atoms with Gasteiger partial charge >= 0.3 is 0 Å². The first-order valence-corrected chi connectivity index (χ1v) is 7.37. The second kappa shape index (κ2) is 6.37. The molecule has 1 aliphatic carbocycles. The van der Waals surface area contributed by atoms with Crippen molar-refractivity contribution in [3.8, 4) is 0 Å². The van der Waals surface area contributed by atoms with E-state index in [0.29, 0.717) is 19.0 Å². The second-order valence-electron chi connectivity index (χ2n) is 5.86. The molecule has 0 aromatic rings. The quantitative estimate of drug-likeness (QED) is 0.781. The summed E-state index contributed by atoms with van der Waals surface area (Å²) >= 11 is 0. The maximum atomic E-state index is 12.6. The minimum atomic E-state index is -0.0139. The Morgan fingerprint density at radius 3 is 2.74 bits per heavy atom. The Kier molecular flexibility index (Phi) is 4.80. The molecule has 5 heteroatoms. The van der Waals surface area contributed by atoms with Gasteiger partial charge in [0.2, 0.25) is 11.8 Å². The lowest BCUT2D eigenvalue weighted by Gasteiger charge is -2.35. The van der Waals surface area contributed by atoms with Crippen LogP contribution < -0.4 is 11.1 Å². The summed E-state index contributed by atoms with van der Waals surface area (Å²) < 4.78 is 0. The van der Waals surface area contributed by atoms with Crippen molar-refractivity contribution in [3.63, 3.8) is 0 Å². The molecule has 1 saturated carbocycles. The largest absolute Gasteiger partial charge is 0.352 e. The summed E-state index contributed by atoms with van der Waals surface area (Å²) in [6.07, 6.45) is 5.10. The van der Waals surface area contributed by atoms with Gasteiger partial charge in [0.25, 0.3) is 0 Å². The number of carbonyl (C=O) groups is 2. The topological polar surface area (TPSA) is 75.4 Å². The molecule has 3 N–H and O–H groups in total. The molecule has 1 saturated heterocycles. The van der Waals surface area contributed by atoms with Crippen LogP contribution in [0.15, 0.2) is 0 Å². The Morgan fingerprint density at radius 2 is 2.05 bits per heavy atom. The van der Waals surface area contributed by atoms with Gasteiger partial charge in [-0.25, -0.2) is 0 Å². The number of hydrogen-bond donors (Lipinski definition) is 2. The van der Waals surface area contributed by atoms with Gasteiger partial charge in [0, 0.05) is 32.0 Å². The third-order valence-corrected chi connectivity index (χ3v) is 4.42. The van der Waals surface area contributed by atoms with Gasteiger partial charge in [0.1, 0.15) is 0 Å². The van der Waals surface area contributed by atoms with E-state index in [-0.39, 0.29) is 23.8 Å². The molecule has 0 spiro atoms. The first-order valence-electron chi connectivity index (χ1n) is 7.37. The van der Waals surface area contributed by atoms with E-state index in [2.05, 4.69) is 5.32 Å². The Labute approximate surface area is 114 Å². The zero-order chi connectivity index (χ0) is 13.8. The van der Waals surface area contributed by atoms with Crippen LogP contribution in [-0.2, 0) is 9.59 Å². The van der Waals surface area contributed by atoms with Crippen LogP contribution in [0.1, 0.15) is 39.0 Å². The van der Waals surface area contributed by atoms with Crippen LogP contribution in [-0.4, -0.2) is 42.4 Å². The summed E-state index contributed by atoms with van der Waals surface area (Å²) in [5, 5.41) is 2.92. The number of piperidine rings is 1. The summed E-state index contributed by atoms with van der Waals surface area (Å²) in [7, 11) is 0. The lowest BCUT2D eigenvalue weighted by molar-refractivity contribution is -0.138. The number of hydrogen-bond acceptors (Lipinski definition) is 3. The highest BCUT2D eigenvalue weighted by atomic mass is 16.2. The molecular formula is C14H25N3O2. The molecule has 2 fully saturated rings. The number of rotatable bonds is 3. The number of carbonyl (C=O) groups excluding carboxylic acids is 2. The summed E-state index contributed by atoms with van der Waals surface area (Å²) in [6, 6.07) is 0.118. The van der Waals surface area contributed by atoms with Gasteiger partial charge in [-0.3, -0.25) is 9.59 Å². The first kappa shape index (κ1) is 14.3. The molecule has 2 aliphatic rings. The van der Waals surface area contributed by atoms with Gasteiger partial charge in [-0.2, -0.15) is 0 Å². The molecule has 1 heterocycles. The molecule has 2 rings (SSSR count). The van der Waals surface area contributed by atoms with Gasteiger partial charge in [0.05, 0.1) is 0 Å². The Balaban J connectivity index is 1.93. The molecule has 3 unspecified atom stereocenters. The Morgan fingerprint density at radius 1 is 1.26 bits per heavy atom. The number of likely N-dealkylation sites (tertiary alicyclic amines) is 1. The van der Waals surface area contributed by atoms with E-state index in [1.165, 1.54) is 6.92 Å². The molecule has 1 aliphatic heterocycles. The summed E-state index contributed by atoms with van der Waals surface area (Å²) in [6.45, 7) is 3.62. The highest BCUT2D eigenvalue weighted by Gasteiger charge is 2.36. The summed E-state index contributed by atoms with van der Waals surface area (Å²) in [4.78, 5) is 25.6. The second-order valence-corrected chi connectivity index (χ2v) is 5.86. The molecule has 0 aromatic heterocycles. The fourth-order valence-corrected chi connectivity index (χ4v) is 3.46. The lowest BCUT2D eigenvalue weighted by atomic mass is 9.93. The van der Waals surface area contributed by atoms with E-state index in [1.807, 2.05) is 4.90 Å². The molecular weight excluding hydrogens is 242 g/mol. The van der Waals surface area contributed by atoms with Crippen molar-refractivity contribution >= 4 is 11.8 Å². The normalized spacial score (nSPS) is 31.3. The maximum Gasteiger partial charge on any atom is 0.226 e. The van der Waals surface area contributed by atoms with Crippen LogP contribution in [0.4, 0.5) is 0 Å². The van der Waals surface area contributed by atoms with Crippen LogP contribution in [0.3, 0.4) is 0 Å². The molecule has 0 aromatic carbocycles. The van der Waals surface area contributed by atoms with E-state index in [9.17, 15) is 9.59 Å². The summed E-state index contributed by atoms with van der Waals surface area (Å²) in [5.74, 6) is 0.706. The van der Waals surface area contributed by atoms with Gasteiger partial charge in [0.15, 0.2) is 0 Å². The van der Waals surface area contributed by atoms with Gasteiger partial charge < -0.3 is 16.0 Å². The molecule has 108 valence electrons. The Hall–Kier alpha value is -1.10. The minimum Gasteiger partial charge on any atom is -0.352 e. The van der Waals surface area contributed by atoms with Crippen molar-refractivity contribution in [1.29, 1.82) is 0 Å². The van der Waals surface area contributed by atoms with E-state index in [1.54, 1.807) is 0 Å². The average Bonchev–Trinajstić information content (AvgIpc) is 2.85. The Bertz CT molecular complexity index is 346. The molecule has 19 heavy (non-hydrogen) atoms. The van der Waals surface area contributed by atoms with Gasteiger partial charge in [-0.05, 0) is 38.1 Å². The van der Waals surface area contributed by atoms with Crippen molar-refractivity contribution in [3.05, 3.63) is 0 Å². The monoisotopic (exact) mass is 267 g/mol. The zero-order valence-corrected chi connectivity index (χ0v) is 11.7. The molecule has 0 radical (unpaired) electrons. The standard InChI is InChI=1S/C14H25N3O2/c1-10(18)16-12-5-3-7-17(9-12)14(19)13-6-2-4-11(13)8-15/h11-13H,2-9,15H2,1H3,(H,16,18). The van der Waals surface area contributed by atoms with Crippen LogP contribution in [0.25, 0.3) is 0 Å². The smallest absolute Gasteiger partial charge is 0.226 e. The molecule has 0 bridgehead atoms. The molecule has 5 nitrogen and oxygen atoms in total. The molecule has 2 amide bonds. The lowest BCUT2D eigenvalue weighted by Crippen LogP contribution is -2.51. The maximum absolute atomic E-state index is 12.6. The van der Waals surface area contributed by atoms with Crippen LogP contribution in [0.2, 0.25) is 0 Å². The van der Waals surface area contributed by atoms with Crippen LogP contribution in [0.5, 0.6) is 0 Å². The fraction of sp³-hybridized carbons (Fsp3) is 0.857. The summed E-state index contributed by atoms with van der Waals surface area (Å²) in [5.41, 5.74) is 5.76. The third-order valence-electron chi connectivity index (χ3n) is 4.42. The first-order chi connectivity index (χ1) is 9.11. The third kappa shape index (κ3) is 3.47. The predicted molar refractivity (Wildman–Crippen MR) is 73.3 cm³/mol. The predicted octanol–water partition coefficient (Wildman–Crippen LogP) is 0.489.